The first-order chi connectivity index (χ1) is 23.8. The Hall–Kier alpha value is -4.82. The number of benzene rings is 7. The predicted octanol–water partition coefficient (Wildman–Crippen LogP) is 9.41. The molecule has 4 heteroatoms. The summed E-state index contributed by atoms with van der Waals surface area (Å²) in [5.74, 6) is 0.547. The summed E-state index contributed by atoms with van der Waals surface area (Å²) in [6.07, 6.45) is 0.759. The highest BCUT2D eigenvalue weighted by Gasteiger charge is 2.52. The van der Waals surface area contributed by atoms with E-state index in [0.717, 1.165) is 28.2 Å². The molecule has 49 heavy (non-hydrogen) atoms. The second kappa shape index (κ2) is 13.6. The minimum atomic E-state index is -2.98. The van der Waals surface area contributed by atoms with Crippen molar-refractivity contribution in [1.82, 2.24) is 0 Å². The van der Waals surface area contributed by atoms with Gasteiger partial charge in [-0.15, -0.1) is 0 Å². The van der Waals surface area contributed by atoms with Gasteiger partial charge in [-0.1, -0.05) is 136 Å². The zero-order valence-corrected chi connectivity index (χ0v) is 30.2. The van der Waals surface area contributed by atoms with Gasteiger partial charge in [-0.3, -0.25) is 0 Å². The molecule has 0 aliphatic heterocycles. The molecule has 0 aliphatic carbocycles. The largest absolute Gasteiger partial charge is 0.534 e. The van der Waals surface area contributed by atoms with Crippen LogP contribution in [-0.2, 0) is 6.16 Å². The molecule has 0 bridgehead atoms. The summed E-state index contributed by atoms with van der Waals surface area (Å²) in [7, 11) is -5.20. The molecule has 0 unspecified atom stereocenters. The summed E-state index contributed by atoms with van der Waals surface area (Å²) >= 11 is 0. The lowest BCUT2D eigenvalue weighted by molar-refractivity contribution is 0.512. The minimum absolute atomic E-state index is 0.229. The average molecular weight is 676 g/mol. The van der Waals surface area contributed by atoms with E-state index < -0.39 is 15.6 Å². The Kier molecular flexibility index (Phi) is 9.07. The van der Waals surface area contributed by atoms with Gasteiger partial charge in [-0.25, -0.2) is 4.39 Å². The van der Waals surface area contributed by atoms with Gasteiger partial charge >= 0.3 is 8.32 Å². The van der Waals surface area contributed by atoms with E-state index in [-0.39, 0.29) is 10.9 Å². The van der Waals surface area contributed by atoms with Gasteiger partial charge in [-0.2, -0.15) is 0 Å². The van der Waals surface area contributed by atoms with Crippen molar-refractivity contribution in [1.29, 1.82) is 0 Å². The van der Waals surface area contributed by atoms with Gasteiger partial charge in [0.25, 0.3) is 0 Å². The van der Waals surface area contributed by atoms with Crippen molar-refractivity contribution in [2.24, 2.45) is 0 Å². The van der Waals surface area contributed by atoms with Crippen LogP contribution < -0.4 is 30.7 Å². The summed E-state index contributed by atoms with van der Waals surface area (Å²) in [6, 6.07) is 63.7. The summed E-state index contributed by atoms with van der Waals surface area (Å²) in [4.78, 5) is 0. The first kappa shape index (κ1) is 32.7. The second-order valence-corrected chi connectivity index (χ2v) is 21.4. The number of hydrogen-bond acceptors (Lipinski definition) is 1. The van der Waals surface area contributed by atoms with Gasteiger partial charge in [0, 0.05) is 5.39 Å². The predicted molar refractivity (Wildman–Crippen MR) is 211 cm³/mol. The maximum atomic E-state index is 15.1. The van der Waals surface area contributed by atoms with Gasteiger partial charge in [0.2, 0.25) is 0 Å². The van der Waals surface area contributed by atoms with E-state index in [0.29, 0.717) is 0 Å². The van der Waals surface area contributed by atoms with Crippen molar-refractivity contribution in [2.45, 2.75) is 32.0 Å². The van der Waals surface area contributed by atoms with E-state index >= 15 is 4.39 Å². The molecule has 1 nitrogen and oxygen atoms in total. The maximum absolute atomic E-state index is 15.1. The van der Waals surface area contributed by atoms with Gasteiger partial charge in [0.05, 0.1) is 6.16 Å². The van der Waals surface area contributed by atoms with Gasteiger partial charge < -0.3 is 4.43 Å². The summed E-state index contributed by atoms with van der Waals surface area (Å²) in [6.45, 7) is 6.88. The molecular weight excluding hydrogens is 635 g/mol. The molecular formula is C45H41FOPSi+. The number of fused-ring (bicyclic) bond motifs is 1. The van der Waals surface area contributed by atoms with E-state index in [9.17, 15) is 0 Å². The highest BCUT2D eigenvalue weighted by atomic mass is 31.2. The lowest BCUT2D eigenvalue weighted by Crippen LogP contribution is -2.68. The lowest BCUT2D eigenvalue weighted by atomic mass is 10.1. The van der Waals surface area contributed by atoms with E-state index in [1.165, 1.54) is 26.3 Å². The van der Waals surface area contributed by atoms with Crippen LogP contribution in [0.25, 0.3) is 10.8 Å². The molecule has 0 radical (unpaired) electrons. The topological polar surface area (TPSA) is 9.23 Å². The van der Waals surface area contributed by atoms with Gasteiger partial charge in [0.15, 0.2) is 0 Å². The van der Waals surface area contributed by atoms with Crippen LogP contribution in [-0.4, -0.2) is 8.32 Å². The normalized spacial score (nSPS) is 12.2. The molecule has 0 aliphatic rings. The molecule has 0 spiro atoms. The van der Waals surface area contributed by atoms with Crippen LogP contribution >= 0.6 is 7.26 Å². The molecule has 0 heterocycles. The minimum Gasteiger partial charge on any atom is -0.534 e. The first-order valence-electron chi connectivity index (χ1n) is 16.9. The average Bonchev–Trinajstić information content (AvgIpc) is 3.14. The smallest absolute Gasteiger partial charge is 0.319 e. The van der Waals surface area contributed by atoms with Crippen LogP contribution in [0.4, 0.5) is 4.39 Å². The highest BCUT2D eigenvalue weighted by molar-refractivity contribution is 7.95. The Balaban J connectivity index is 1.50. The van der Waals surface area contributed by atoms with Crippen molar-refractivity contribution in [3.63, 3.8) is 0 Å². The van der Waals surface area contributed by atoms with Crippen molar-refractivity contribution in [2.75, 3.05) is 0 Å². The van der Waals surface area contributed by atoms with Crippen molar-refractivity contribution in [3.8, 4) is 5.75 Å². The summed E-state index contributed by atoms with van der Waals surface area (Å²) in [5, 5.41) is 7.86. The van der Waals surface area contributed by atoms with Crippen LogP contribution in [0.2, 0.25) is 5.04 Å². The van der Waals surface area contributed by atoms with Gasteiger partial charge in [-0.05, 0) is 93.1 Å². The Labute approximate surface area is 291 Å². The molecule has 242 valence electrons. The summed E-state index contributed by atoms with van der Waals surface area (Å²) in [5.41, 5.74) is 1.12. The van der Waals surface area contributed by atoms with E-state index in [4.69, 9.17) is 4.43 Å². The third kappa shape index (κ3) is 6.14. The van der Waals surface area contributed by atoms with Crippen LogP contribution in [0.1, 0.15) is 26.3 Å². The highest BCUT2D eigenvalue weighted by Crippen LogP contribution is 2.58. The molecule has 7 aromatic rings. The Morgan fingerprint density at radius 1 is 0.531 bits per heavy atom. The fourth-order valence-corrected chi connectivity index (χ4v) is 16.0. The van der Waals surface area contributed by atoms with Crippen molar-refractivity contribution >= 4 is 52.6 Å². The van der Waals surface area contributed by atoms with E-state index in [1.807, 2.05) is 6.07 Å². The number of halogens is 1. The first-order valence-corrected chi connectivity index (χ1v) is 20.8. The molecule has 0 amide bonds. The number of rotatable bonds is 9. The molecule has 0 atom stereocenters. The fraction of sp³-hybridized carbons (Fsp3) is 0.111. The molecule has 0 N–H and O–H groups in total. The zero-order chi connectivity index (χ0) is 33.9. The zero-order valence-electron chi connectivity index (χ0n) is 28.3. The van der Waals surface area contributed by atoms with E-state index in [2.05, 4.69) is 185 Å². The number of hydrogen-bond donors (Lipinski definition) is 0. The third-order valence-corrected chi connectivity index (χ3v) is 18.9. The van der Waals surface area contributed by atoms with Crippen molar-refractivity contribution < 1.29 is 8.82 Å². The molecule has 0 saturated heterocycles. The van der Waals surface area contributed by atoms with E-state index in [1.54, 1.807) is 12.1 Å². The van der Waals surface area contributed by atoms with Crippen LogP contribution in [0, 0.1) is 5.82 Å². The monoisotopic (exact) mass is 675 g/mol. The Bertz CT molecular complexity index is 2010. The van der Waals surface area contributed by atoms with Gasteiger partial charge in [0.1, 0.15) is 34.7 Å². The molecule has 7 rings (SSSR count). The second-order valence-electron chi connectivity index (χ2n) is 13.7. The molecule has 7 aromatic carbocycles. The molecule has 0 aromatic heterocycles. The van der Waals surface area contributed by atoms with Crippen LogP contribution in [0.3, 0.4) is 0 Å². The van der Waals surface area contributed by atoms with Crippen molar-refractivity contribution in [3.05, 3.63) is 193 Å². The summed E-state index contributed by atoms with van der Waals surface area (Å²) < 4.78 is 22.8. The Morgan fingerprint density at radius 3 is 1.39 bits per heavy atom. The molecule has 0 fully saturated rings. The lowest BCUT2D eigenvalue weighted by Gasteiger charge is -2.43. The standard InChI is InChI=1S/C45H41FOPSi/c1-45(2,3)49(41-25-15-7-16-26-41,42-27-17-8-18-28-42)47-44-32-35(31-36-33-37(46)29-30-43(36)44)34-48(38-19-9-4-10-20-38,39-21-11-5-12-22-39)40-23-13-6-14-24-40/h4-33H,34H2,1-3H3/q+1. The SMILES string of the molecule is CC(C)(C)[Si](Oc1cc(C[P+](c2ccccc2)(c2ccccc2)c2ccccc2)cc2cc(F)ccc12)(c1ccccc1)c1ccccc1. The maximum Gasteiger partial charge on any atom is 0.319 e. The molecule has 0 saturated carbocycles. The van der Waals surface area contributed by atoms with Crippen LogP contribution in [0.5, 0.6) is 5.75 Å². The third-order valence-electron chi connectivity index (χ3n) is 9.63. The van der Waals surface area contributed by atoms with Crippen LogP contribution in [0.15, 0.2) is 182 Å². The quantitative estimate of drug-likeness (QED) is 0.109. The Morgan fingerprint density at radius 2 is 0.959 bits per heavy atom. The fourth-order valence-electron chi connectivity index (χ4n) is 7.40.